The van der Waals surface area contributed by atoms with E-state index in [9.17, 15) is 0 Å². The fourth-order valence-electron chi connectivity index (χ4n) is 3.64. The standard InChI is InChI=1S/C15H26N4/c1-13(19-8-2-3-9-19)14-4-10-18(11-5-14)12-15-16-6-7-17-15/h6-7,13-14H,2-5,8-12H2,1H3,(H,16,17). The van der Waals surface area contributed by atoms with Gasteiger partial charge in [-0.15, -0.1) is 0 Å². The lowest BCUT2D eigenvalue weighted by Crippen LogP contribution is -2.43. The van der Waals surface area contributed by atoms with Crippen LogP contribution in [-0.4, -0.2) is 52.0 Å². The molecule has 0 aliphatic carbocycles. The van der Waals surface area contributed by atoms with Crippen molar-refractivity contribution in [2.24, 2.45) is 5.92 Å². The van der Waals surface area contributed by atoms with Crippen LogP contribution in [0.4, 0.5) is 0 Å². The van der Waals surface area contributed by atoms with Gasteiger partial charge in [-0.1, -0.05) is 0 Å². The third-order valence-electron chi connectivity index (χ3n) is 4.96. The Hall–Kier alpha value is -0.870. The molecule has 0 aromatic carbocycles. The summed E-state index contributed by atoms with van der Waals surface area (Å²) in [4.78, 5) is 12.8. The van der Waals surface area contributed by atoms with Gasteiger partial charge >= 0.3 is 0 Å². The summed E-state index contributed by atoms with van der Waals surface area (Å²) >= 11 is 0. The van der Waals surface area contributed by atoms with Crippen LogP contribution in [-0.2, 0) is 6.54 Å². The summed E-state index contributed by atoms with van der Waals surface area (Å²) in [5, 5.41) is 0. The van der Waals surface area contributed by atoms with Gasteiger partial charge in [0.1, 0.15) is 5.82 Å². The summed E-state index contributed by atoms with van der Waals surface area (Å²) < 4.78 is 0. The molecule has 0 radical (unpaired) electrons. The molecule has 2 saturated heterocycles. The van der Waals surface area contributed by atoms with Crippen LogP contribution in [0.25, 0.3) is 0 Å². The van der Waals surface area contributed by atoms with Crippen molar-refractivity contribution < 1.29 is 0 Å². The Kier molecular flexibility index (Phi) is 4.18. The van der Waals surface area contributed by atoms with E-state index in [1.54, 1.807) is 0 Å². The first-order valence-corrected chi connectivity index (χ1v) is 7.77. The maximum absolute atomic E-state index is 4.32. The Labute approximate surface area is 116 Å². The Morgan fingerprint density at radius 1 is 1.26 bits per heavy atom. The summed E-state index contributed by atoms with van der Waals surface area (Å²) in [6, 6.07) is 0.785. The van der Waals surface area contributed by atoms with Crippen LogP contribution in [0, 0.1) is 5.92 Å². The van der Waals surface area contributed by atoms with E-state index >= 15 is 0 Å². The third-order valence-corrected chi connectivity index (χ3v) is 4.96. The molecule has 2 fully saturated rings. The normalized spacial score (nSPS) is 24.9. The third kappa shape index (κ3) is 3.18. The number of H-pyrrole nitrogens is 1. The summed E-state index contributed by atoms with van der Waals surface area (Å²) in [6.45, 7) is 8.53. The largest absolute Gasteiger partial charge is 0.348 e. The molecule has 106 valence electrons. The highest BCUT2D eigenvalue weighted by molar-refractivity contribution is 4.89. The van der Waals surface area contributed by atoms with E-state index in [2.05, 4.69) is 26.7 Å². The Morgan fingerprint density at radius 2 is 2.00 bits per heavy atom. The average Bonchev–Trinajstić information content (AvgIpc) is 3.12. The second-order valence-electron chi connectivity index (χ2n) is 6.13. The van der Waals surface area contributed by atoms with E-state index in [0.717, 1.165) is 24.3 Å². The van der Waals surface area contributed by atoms with E-state index in [1.807, 2.05) is 12.4 Å². The zero-order valence-corrected chi connectivity index (χ0v) is 12.0. The highest BCUT2D eigenvalue weighted by atomic mass is 15.2. The van der Waals surface area contributed by atoms with E-state index < -0.39 is 0 Å². The fourth-order valence-corrected chi connectivity index (χ4v) is 3.64. The van der Waals surface area contributed by atoms with Crippen molar-refractivity contribution in [3.63, 3.8) is 0 Å². The molecule has 4 nitrogen and oxygen atoms in total. The molecule has 4 heteroatoms. The zero-order valence-electron chi connectivity index (χ0n) is 12.0. The quantitative estimate of drug-likeness (QED) is 0.902. The van der Waals surface area contributed by atoms with Gasteiger partial charge < -0.3 is 9.88 Å². The molecular weight excluding hydrogens is 236 g/mol. The van der Waals surface area contributed by atoms with Gasteiger partial charge in [0.2, 0.25) is 0 Å². The smallest absolute Gasteiger partial charge is 0.120 e. The van der Waals surface area contributed by atoms with Crippen molar-refractivity contribution in [2.75, 3.05) is 26.2 Å². The molecule has 2 aliphatic heterocycles. The Bertz CT molecular complexity index is 362. The molecular formula is C15H26N4. The Balaban J connectivity index is 1.46. The summed E-state index contributed by atoms with van der Waals surface area (Å²) in [7, 11) is 0. The number of aromatic amines is 1. The summed E-state index contributed by atoms with van der Waals surface area (Å²) in [5.74, 6) is 2.00. The van der Waals surface area contributed by atoms with Crippen LogP contribution in [0.2, 0.25) is 0 Å². The monoisotopic (exact) mass is 262 g/mol. The van der Waals surface area contributed by atoms with Crippen molar-refractivity contribution in [1.82, 2.24) is 19.8 Å². The van der Waals surface area contributed by atoms with E-state index in [1.165, 1.54) is 51.9 Å². The average molecular weight is 262 g/mol. The SMILES string of the molecule is CC(C1CCN(Cc2ncc[nH]2)CC1)N1CCCC1. The maximum Gasteiger partial charge on any atom is 0.120 e. The minimum absolute atomic E-state index is 0.785. The highest BCUT2D eigenvalue weighted by Crippen LogP contribution is 2.26. The number of nitrogens with zero attached hydrogens (tertiary/aromatic N) is 3. The lowest BCUT2D eigenvalue weighted by atomic mass is 9.89. The van der Waals surface area contributed by atoms with E-state index in [4.69, 9.17) is 0 Å². The van der Waals surface area contributed by atoms with Crippen molar-refractivity contribution >= 4 is 0 Å². The van der Waals surface area contributed by atoms with Gasteiger partial charge in [-0.05, 0) is 64.7 Å². The topological polar surface area (TPSA) is 35.2 Å². The van der Waals surface area contributed by atoms with Crippen molar-refractivity contribution in [3.8, 4) is 0 Å². The lowest BCUT2D eigenvalue weighted by molar-refractivity contribution is 0.106. The first-order valence-electron chi connectivity index (χ1n) is 7.77. The molecule has 1 aromatic rings. The summed E-state index contributed by atoms with van der Waals surface area (Å²) in [6.07, 6.45) is 9.26. The second-order valence-corrected chi connectivity index (χ2v) is 6.13. The molecule has 1 N–H and O–H groups in total. The van der Waals surface area contributed by atoms with Gasteiger partial charge in [0.25, 0.3) is 0 Å². The lowest BCUT2D eigenvalue weighted by Gasteiger charge is -2.38. The zero-order chi connectivity index (χ0) is 13.1. The van der Waals surface area contributed by atoms with Crippen molar-refractivity contribution in [3.05, 3.63) is 18.2 Å². The summed E-state index contributed by atoms with van der Waals surface area (Å²) in [5.41, 5.74) is 0. The maximum atomic E-state index is 4.32. The predicted octanol–water partition coefficient (Wildman–Crippen LogP) is 2.11. The number of imidazole rings is 1. The van der Waals surface area contributed by atoms with Crippen LogP contribution in [0.15, 0.2) is 12.4 Å². The number of hydrogen-bond acceptors (Lipinski definition) is 3. The molecule has 2 aliphatic rings. The molecule has 3 heterocycles. The van der Waals surface area contributed by atoms with E-state index in [-0.39, 0.29) is 0 Å². The van der Waals surface area contributed by atoms with Gasteiger partial charge in [0.15, 0.2) is 0 Å². The molecule has 19 heavy (non-hydrogen) atoms. The Morgan fingerprint density at radius 3 is 2.63 bits per heavy atom. The highest BCUT2D eigenvalue weighted by Gasteiger charge is 2.28. The van der Waals surface area contributed by atoms with Crippen molar-refractivity contribution in [2.45, 2.75) is 45.2 Å². The van der Waals surface area contributed by atoms with E-state index in [0.29, 0.717) is 0 Å². The molecule has 0 amide bonds. The molecule has 0 saturated carbocycles. The van der Waals surface area contributed by atoms with Gasteiger partial charge in [-0.2, -0.15) is 0 Å². The van der Waals surface area contributed by atoms with Gasteiger partial charge in [0, 0.05) is 18.4 Å². The van der Waals surface area contributed by atoms with Crippen LogP contribution in [0.1, 0.15) is 38.4 Å². The number of piperidine rings is 1. The van der Waals surface area contributed by atoms with Crippen LogP contribution >= 0.6 is 0 Å². The van der Waals surface area contributed by atoms with Crippen LogP contribution in [0.5, 0.6) is 0 Å². The van der Waals surface area contributed by atoms with Gasteiger partial charge in [0.05, 0.1) is 6.54 Å². The number of likely N-dealkylation sites (tertiary alicyclic amines) is 2. The molecule has 1 unspecified atom stereocenters. The second kappa shape index (κ2) is 6.06. The predicted molar refractivity (Wildman–Crippen MR) is 76.9 cm³/mol. The van der Waals surface area contributed by atoms with Crippen molar-refractivity contribution in [1.29, 1.82) is 0 Å². The minimum atomic E-state index is 0.785. The first-order chi connectivity index (χ1) is 9.33. The molecule has 1 aromatic heterocycles. The molecule has 1 atom stereocenters. The molecule has 3 rings (SSSR count). The van der Waals surface area contributed by atoms with Crippen LogP contribution in [0.3, 0.4) is 0 Å². The minimum Gasteiger partial charge on any atom is -0.348 e. The first kappa shape index (κ1) is 13.1. The fraction of sp³-hybridized carbons (Fsp3) is 0.800. The van der Waals surface area contributed by atoms with Crippen LogP contribution < -0.4 is 0 Å². The number of aromatic nitrogens is 2. The van der Waals surface area contributed by atoms with Gasteiger partial charge in [-0.3, -0.25) is 4.90 Å². The van der Waals surface area contributed by atoms with Gasteiger partial charge in [-0.25, -0.2) is 4.98 Å². The number of hydrogen-bond donors (Lipinski definition) is 1. The molecule has 0 bridgehead atoms. The number of nitrogens with one attached hydrogen (secondary N) is 1. The number of rotatable bonds is 4. The molecule has 0 spiro atoms.